The summed E-state index contributed by atoms with van der Waals surface area (Å²) < 4.78 is 5.73. The Bertz CT molecular complexity index is 1430. The number of hydrogen-bond donors (Lipinski definition) is 1. The van der Waals surface area contributed by atoms with Gasteiger partial charge in [0.2, 0.25) is 16.5 Å². The van der Waals surface area contributed by atoms with Gasteiger partial charge in [0.25, 0.3) is 5.56 Å². The zero-order valence-corrected chi connectivity index (χ0v) is 19.2. The van der Waals surface area contributed by atoms with Crippen molar-refractivity contribution >= 4 is 40.5 Å². The average Bonchev–Trinajstić information content (AvgIpc) is 3.15. The SMILES string of the molecule is Cn1c(=O)c2ccccc2n2c(=S)n(CN3CCN(CC(=O)Nc4ccccc4)CC3)nc12. The van der Waals surface area contributed by atoms with Gasteiger partial charge < -0.3 is 5.32 Å². The average molecular weight is 464 g/mol. The quantitative estimate of drug-likeness (QED) is 0.456. The van der Waals surface area contributed by atoms with E-state index < -0.39 is 0 Å². The Hall–Kier alpha value is -3.34. The first kappa shape index (κ1) is 21.5. The molecule has 0 atom stereocenters. The van der Waals surface area contributed by atoms with Gasteiger partial charge in [0, 0.05) is 38.9 Å². The molecule has 1 saturated heterocycles. The van der Waals surface area contributed by atoms with Crippen molar-refractivity contribution in [3.63, 3.8) is 0 Å². The number of nitrogens with one attached hydrogen (secondary N) is 1. The van der Waals surface area contributed by atoms with Gasteiger partial charge >= 0.3 is 0 Å². The van der Waals surface area contributed by atoms with Gasteiger partial charge in [-0.25, -0.2) is 4.68 Å². The van der Waals surface area contributed by atoms with Gasteiger partial charge in [-0.15, -0.1) is 5.10 Å². The van der Waals surface area contributed by atoms with E-state index >= 15 is 0 Å². The van der Waals surface area contributed by atoms with E-state index in [9.17, 15) is 9.59 Å². The molecule has 0 spiro atoms. The van der Waals surface area contributed by atoms with E-state index in [1.54, 1.807) is 11.7 Å². The van der Waals surface area contributed by atoms with E-state index in [1.807, 2.05) is 59.0 Å². The predicted octanol–water partition coefficient (Wildman–Crippen LogP) is 1.93. The van der Waals surface area contributed by atoms with E-state index in [2.05, 4.69) is 20.2 Å². The van der Waals surface area contributed by atoms with Gasteiger partial charge in [0.05, 0.1) is 24.1 Å². The Kier molecular flexibility index (Phi) is 5.79. The molecule has 1 fully saturated rings. The third-order valence-corrected chi connectivity index (χ3v) is 6.42. The first-order chi connectivity index (χ1) is 16.0. The summed E-state index contributed by atoms with van der Waals surface area (Å²) in [5.41, 5.74) is 1.48. The molecule has 2 aromatic heterocycles. The lowest BCUT2D eigenvalue weighted by Gasteiger charge is -2.33. The van der Waals surface area contributed by atoms with Crippen LogP contribution < -0.4 is 10.9 Å². The minimum atomic E-state index is -0.0901. The molecule has 33 heavy (non-hydrogen) atoms. The summed E-state index contributed by atoms with van der Waals surface area (Å²) in [4.78, 5) is 29.5. The fourth-order valence-corrected chi connectivity index (χ4v) is 4.52. The number of piperazine rings is 1. The molecule has 0 radical (unpaired) electrons. The van der Waals surface area contributed by atoms with E-state index in [1.165, 1.54) is 4.57 Å². The minimum Gasteiger partial charge on any atom is -0.325 e. The predicted molar refractivity (Wildman–Crippen MR) is 130 cm³/mol. The minimum absolute atomic E-state index is 0.00924. The van der Waals surface area contributed by atoms with E-state index in [4.69, 9.17) is 12.2 Å². The van der Waals surface area contributed by atoms with Crippen molar-refractivity contribution in [2.24, 2.45) is 7.05 Å². The standard InChI is InChI=1S/C23H25N7O2S/c1-26-21(32)18-9-5-6-10-19(18)30-22(26)25-29(23(30)33)16-28-13-11-27(12-14-28)15-20(31)24-17-7-3-2-4-8-17/h2-10H,11-16H2,1H3,(H,24,31). The number of para-hydroxylation sites is 2. The summed E-state index contributed by atoms with van der Waals surface area (Å²) in [5.74, 6) is 0.518. The second-order valence-corrected chi connectivity index (χ2v) is 8.61. The van der Waals surface area contributed by atoms with Crippen LogP contribution in [0.3, 0.4) is 0 Å². The van der Waals surface area contributed by atoms with Crippen molar-refractivity contribution < 1.29 is 4.79 Å². The Morgan fingerprint density at radius 1 is 1.00 bits per heavy atom. The smallest absolute Gasteiger partial charge is 0.262 e. The van der Waals surface area contributed by atoms with Crippen LogP contribution >= 0.6 is 12.2 Å². The fraction of sp³-hybridized carbons (Fsp3) is 0.304. The van der Waals surface area contributed by atoms with Gasteiger partial charge in [0.1, 0.15) is 0 Å². The number of aryl methyl sites for hydroxylation is 1. The van der Waals surface area contributed by atoms with Crippen LogP contribution in [0.2, 0.25) is 0 Å². The number of amides is 1. The van der Waals surface area contributed by atoms with Crippen molar-refractivity contribution in [2.75, 3.05) is 38.0 Å². The van der Waals surface area contributed by atoms with Crippen molar-refractivity contribution in [1.29, 1.82) is 0 Å². The molecule has 1 aliphatic rings. The number of carbonyl (C=O) groups excluding carboxylic acids is 1. The topological polar surface area (TPSA) is 79.8 Å². The number of nitrogens with zero attached hydrogens (tertiary/aromatic N) is 6. The maximum absolute atomic E-state index is 12.7. The number of carbonyl (C=O) groups is 1. The molecule has 3 heterocycles. The second-order valence-electron chi connectivity index (χ2n) is 8.25. The Morgan fingerprint density at radius 2 is 1.67 bits per heavy atom. The second kappa shape index (κ2) is 8.89. The number of hydrogen-bond acceptors (Lipinski definition) is 6. The molecule has 170 valence electrons. The number of aromatic nitrogens is 4. The molecule has 0 aliphatic carbocycles. The number of rotatable bonds is 5. The maximum atomic E-state index is 12.7. The third kappa shape index (κ3) is 4.20. The highest BCUT2D eigenvalue weighted by Crippen LogP contribution is 2.14. The van der Waals surface area contributed by atoms with Crippen molar-refractivity contribution in [3.8, 4) is 0 Å². The number of fused-ring (bicyclic) bond motifs is 3. The summed E-state index contributed by atoms with van der Waals surface area (Å²) >= 11 is 5.73. The van der Waals surface area contributed by atoms with Gasteiger partial charge in [-0.05, 0) is 36.5 Å². The highest BCUT2D eigenvalue weighted by Gasteiger charge is 2.21. The molecule has 1 N–H and O–H groups in total. The molecule has 0 unspecified atom stereocenters. The molecule has 9 nitrogen and oxygen atoms in total. The number of benzene rings is 2. The van der Waals surface area contributed by atoms with Crippen LogP contribution in [0, 0.1) is 4.77 Å². The molecular weight excluding hydrogens is 438 g/mol. The van der Waals surface area contributed by atoms with Crippen molar-refractivity contribution in [1.82, 2.24) is 28.5 Å². The maximum Gasteiger partial charge on any atom is 0.262 e. The first-order valence-electron chi connectivity index (χ1n) is 10.9. The summed E-state index contributed by atoms with van der Waals surface area (Å²) in [6, 6.07) is 16.9. The lowest BCUT2D eigenvalue weighted by molar-refractivity contribution is -0.117. The fourth-order valence-electron chi connectivity index (χ4n) is 4.24. The highest BCUT2D eigenvalue weighted by molar-refractivity contribution is 7.71. The highest BCUT2D eigenvalue weighted by atomic mass is 32.1. The van der Waals surface area contributed by atoms with Gasteiger partial charge in [-0.1, -0.05) is 30.3 Å². The van der Waals surface area contributed by atoms with Crippen LogP contribution in [0.1, 0.15) is 0 Å². The van der Waals surface area contributed by atoms with Gasteiger partial charge in [0.15, 0.2) is 0 Å². The molecule has 4 aromatic rings. The summed E-state index contributed by atoms with van der Waals surface area (Å²) in [6.45, 7) is 4.06. The monoisotopic (exact) mass is 463 g/mol. The van der Waals surface area contributed by atoms with Crippen molar-refractivity contribution in [3.05, 3.63) is 69.7 Å². The summed E-state index contributed by atoms with van der Waals surface area (Å²) in [6.07, 6.45) is 0. The van der Waals surface area contributed by atoms with E-state index in [0.29, 0.717) is 29.1 Å². The zero-order valence-electron chi connectivity index (χ0n) is 18.3. The zero-order chi connectivity index (χ0) is 22.9. The van der Waals surface area contributed by atoms with Gasteiger partial charge in [-0.2, -0.15) is 0 Å². The molecule has 2 aromatic carbocycles. The van der Waals surface area contributed by atoms with Crippen LogP contribution in [0.15, 0.2) is 59.4 Å². The van der Waals surface area contributed by atoms with Gasteiger partial charge in [-0.3, -0.25) is 28.4 Å². The Balaban J connectivity index is 1.27. The van der Waals surface area contributed by atoms with Crippen LogP contribution in [0.4, 0.5) is 5.69 Å². The number of anilines is 1. The van der Waals surface area contributed by atoms with Crippen molar-refractivity contribution in [2.45, 2.75) is 6.67 Å². The molecule has 1 amide bonds. The molecule has 0 saturated carbocycles. The third-order valence-electron chi connectivity index (χ3n) is 6.03. The van der Waals surface area contributed by atoms with E-state index in [0.717, 1.165) is 37.4 Å². The molecule has 0 bridgehead atoms. The first-order valence-corrected chi connectivity index (χ1v) is 11.3. The molecular formula is C23H25N7O2S. The largest absolute Gasteiger partial charge is 0.325 e. The Labute approximate surface area is 195 Å². The summed E-state index contributed by atoms with van der Waals surface area (Å²) in [7, 11) is 1.72. The lowest BCUT2D eigenvalue weighted by Crippen LogP contribution is -2.49. The van der Waals surface area contributed by atoms with Crippen LogP contribution in [-0.2, 0) is 18.5 Å². The lowest BCUT2D eigenvalue weighted by atomic mass is 10.2. The van der Waals surface area contributed by atoms with Crippen LogP contribution in [0.25, 0.3) is 16.7 Å². The van der Waals surface area contributed by atoms with E-state index in [-0.39, 0.29) is 11.5 Å². The van der Waals surface area contributed by atoms with Crippen LogP contribution in [-0.4, -0.2) is 67.2 Å². The molecule has 5 rings (SSSR count). The normalized spacial score (nSPS) is 15.3. The molecule has 10 heteroatoms. The molecule has 1 aliphatic heterocycles. The Morgan fingerprint density at radius 3 is 2.42 bits per heavy atom. The van der Waals surface area contributed by atoms with Crippen LogP contribution in [0.5, 0.6) is 0 Å². The summed E-state index contributed by atoms with van der Waals surface area (Å²) in [5, 5.41) is 8.20.